The monoisotopic (exact) mass is 208 g/mol. The first-order chi connectivity index (χ1) is 7.20. The standard InChI is InChI=1S/C12H20N2O/c1-14(2)9-5-8-13-10-11-6-3-4-7-12(11)15/h3-4,6-7,13,15H,5,8-10H2,1-2H3. The van der Waals surface area contributed by atoms with Gasteiger partial charge in [0.05, 0.1) is 0 Å². The molecule has 3 nitrogen and oxygen atoms in total. The lowest BCUT2D eigenvalue weighted by Gasteiger charge is -2.10. The van der Waals surface area contributed by atoms with Crippen molar-refractivity contribution < 1.29 is 5.11 Å². The highest BCUT2D eigenvalue weighted by molar-refractivity contribution is 5.31. The van der Waals surface area contributed by atoms with Gasteiger partial charge in [-0.05, 0) is 39.7 Å². The minimum atomic E-state index is 0.373. The molecule has 0 aliphatic rings. The number of phenols is 1. The van der Waals surface area contributed by atoms with Crippen molar-refractivity contribution in [2.75, 3.05) is 27.2 Å². The summed E-state index contributed by atoms with van der Waals surface area (Å²) in [5, 5.41) is 12.8. The largest absolute Gasteiger partial charge is 0.508 e. The van der Waals surface area contributed by atoms with Crippen molar-refractivity contribution in [3.05, 3.63) is 29.8 Å². The molecule has 84 valence electrons. The summed E-state index contributed by atoms with van der Waals surface area (Å²) in [6.45, 7) is 2.81. The summed E-state index contributed by atoms with van der Waals surface area (Å²) in [6.07, 6.45) is 1.13. The summed E-state index contributed by atoms with van der Waals surface area (Å²) in [7, 11) is 4.14. The molecule has 0 fully saturated rings. The number of hydrogen-bond acceptors (Lipinski definition) is 3. The highest BCUT2D eigenvalue weighted by Crippen LogP contribution is 2.14. The van der Waals surface area contributed by atoms with E-state index in [1.54, 1.807) is 6.07 Å². The van der Waals surface area contributed by atoms with Crippen LogP contribution in [0.3, 0.4) is 0 Å². The Labute approximate surface area is 91.7 Å². The van der Waals surface area contributed by atoms with Gasteiger partial charge in [0.1, 0.15) is 5.75 Å². The zero-order valence-electron chi connectivity index (χ0n) is 9.53. The molecule has 0 aromatic heterocycles. The lowest BCUT2D eigenvalue weighted by molar-refractivity contribution is 0.393. The second-order valence-electron chi connectivity index (χ2n) is 3.96. The number of nitrogens with one attached hydrogen (secondary N) is 1. The molecule has 15 heavy (non-hydrogen) atoms. The molecule has 0 radical (unpaired) electrons. The number of nitrogens with zero attached hydrogens (tertiary/aromatic N) is 1. The molecule has 0 amide bonds. The van der Waals surface area contributed by atoms with E-state index >= 15 is 0 Å². The van der Waals surface area contributed by atoms with Crippen molar-refractivity contribution in [1.82, 2.24) is 10.2 Å². The van der Waals surface area contributed by atoms with Gasteiger partial charge in [0.25, 0.3) is 0 Å². The number of hydrogen-bond donors (Lipinski definition) is 2. The van der Waals surface area contributed by atoms with Gasteiger partial charge in [0.2, 0.25) is 0 Å². The maximum atomic E-state index is 9.51. The first-order valence-electron chi connectivity index (χ1n) is 5.32. The molecule has 0 saturated heterocycles. The Morgan fingerprint density at radius 3 is 2.67 bits per heavy atom. The smallest absolute Gasteiger partial charge is 0.120 e. The van der Waals surface area contributed by atoms with E-state index in [0.29, 0.717) is 5.75 Å². The average molecular weight is 208 g/mol. The van der Waals surface area contributed by atoms with Crippen molar-refractivity contribution in [2.45, 2.75) is 13.0 Å². The van der Waals surface area contributed by atoms with E-state index in [2.05, 4.69) is 24.3 Å². The van der Waals surface area contributed by atoms with Gasteiger partial charge < -0.3 is 15.3 Å². The summed E-state index contributed by atoms with van der Waals surface area (Å²) in [5.74, 6) is 0.373. The predicted octanol–water partition coefficient (Wildman–Crippen LogP) is 1.43. The summed E-state index contributed by atoms with van der Waals surface area (Å²) in [6, 6.07) is 7.44. The molecular formula is C12H20N2O. The number of phenolic OH excluding ortho intramolecular Hbond substituents is 1. The van der Waals surface area contributed by atoms with Gasteiger partial charge in [-0.1, -0.05) is 18.2 Å². The molecule has 1 aromatic carbocycles. The molecule has 0 atom stereocenters. The molecule has 0 spiro atoms. The minimum absolute atomic E-state index is 0.373. The van der Waals surface area contributed by atoms with Crippen LogP contribution in [0.15, 0.2) is 24.3 Å². The van der Waals surface area contributed by atoms with Gasteiger partial charge in [-0.3, -0.25) is 0 Å². The van der Waals surface area contributed by atoms with Crippen LogP contribution < -0.4 is 5.32 Å². The molecule has 0 aliphatic carbocycles. The third-order valence-electron chi connectivity index (χ3n) is 2.27. The van der Waals surface area contributed by atoms with Crippen molar-refractivity contribution in [3.63, 3.8) is 0 Å². The predicted molar refractivity (Wildman–Crippen MR) is 63.0 cm³/mol. The fourth-order valence-electron chi connectivity index (χ4n) is 1.40. The second-order valence-corrected chi connectivity index (χ2v) is 3.96. The third-order valence-corrected chi connectivity index (χ3v) is 2.27. The van der Waals surface area contributed by atoms with Crippen LogP contribution in [0.5, 0.6) is 5.75 Å². The Morgan fingerprint density at radius 2 is 2.00 bits per heavy atom. The lowest BCUT2D eigenvalue weighted by Crippen LogP contribution is -2.21. The van der Waals surface area contributed by atoms with Crippen LogP contribution in [-0.2, 0) is 6.54 Å². The summed E-state index contributed by atoms with van der Waals surface area (Å²) >= 11 is 0. The highest BCUT2D eigenvalue weighted by Gasteiger charge is 1.98. The molecule has 0 bridgehead atoms. The Hall–Kier alpha value is -1.06. The van der Waals surface area contributed by atoms with Crippen LogP contribution in [0.25, 0.3) is 0 Å². The van der Waals surface area contributed by atoms with E-state index in [-0.39, 0.29) is 0 Å². The van der Waals surface area contributed by atoms with E-state index in [1.807, 2.05) is 18.2 Å². The van der Waals surface area contributed by atoms with Crippen molar-refractivity contribution >= 4 is 0 Å². The Balaban J connectivity index is 2.18. The fraction of sp³-hybridized carbons (Fsp3) is 0.500. The minimum Gasteiger partial charge on any atom is -0.508 e. The van der Waals surface area contributed by atoms with E-state index in [1.165, 1.54) is 0 Å². The van der Waals surface area contributed by atoms with Gasteiger partial charge in [-0.15, -0.1) is 0 Å². The Kier molecular flexibility index (Phi) is 5.15. The zero-order valence-corrected chi connectivity index (χ0v) is 9.53. The van der Waals surface area contributed by atoms with Crippen LogP contribution >= 0.6 is 0 Å². The van der Waals surface area contributed by atoms with Gasteiger partial charge in [0, 0.05) is 12.1 Å². The highest BCUT2D eigenvalue weighted by atomic mass is 16.3. The molecule has 0 saturated carbocycles. The summed E-state index contributed by atoms with van der Waals surface area (Å²) in [5.41, 5.74) is 0.961. The normalized spacial score (nSPS) is 10.9. The summed E-state index contributed by atoms with van der Waals surface area (Å²) < 4.78 is 0. The topological polar surface area (TPSA) is 35.5 Å². The molecular weight excluding hydrogens is 188 g/mol. The maximum absolute atomic E-state index is 9.51. The number of rotatable bonds is 6. The van der Waals surface area contributed by atoms with Crippen LogP contribution in [0, 0.1) is 0 Å². The first-order valence-corrected chi connectivity index (χ1v) is 5.32. The Morgan fingerprint density at radius 1 is 1.27 bits per heavy atom. The van der Waals surface area contributed by atoms with Crippen LogP contribution in [0.1, 0.15) is 12.0 Å². The van der Waals surface area contributed by atoms with E-state index < -0.39 is 0 Å². The molecule has 1 rings (SSSR count). The van der Waals surface area contributed by atoms with E-state index in [9.17, 15) is 5.11 Å². The van der Waals surface area contributed by atoms with Crippen molar-refractivity contribution in [3.8, 4) is 5.75 Å². The quantitative estimate of drug-likeness (QED) is 0.694. The van der Waals surface area contributed by atoms with Crippen molar-refractivity contribution in [1.29, 1.82) is 0 Å². The Bertz CT molecular complexity index is 287. The summed E-state index contributed by atoms with van der Waals surface area (Å²) in [4.78, 5) is 2.17. The number of aromatic hydroxyl groups is 1. The molecule has 3 heteroatoms. The molecule has 2 N–H and O–H groups in total. The van der Waals surface area contributed by atoms with Crippen molar-refractivity contribution in [2.24, 2.45) is 0 Å². The number of benzene rings is 1. The molecule has 1 aromatic rings. The van der Waals surface area contributed by atoms with Gasteiger partial charge >= 0.3 is 0 Å². The fourth-order valence-corrected chi connectivity index (χ4v) is 1.40. The first kappa shape index (κ1) is 12.0. The van der Waals surface area contributed by atoms with E-state index in [0.717, 1.165) is 31.6 Å². The maximum Gasteiger partial charge on any atom is 0.120 e. The zero-order chi connectivity index (χ0) is 11.1. The lowest BCUT2D eigenvalue weighted by atomic mass is 10.2. The molecule has 0 unspecified atom stereocenters. The second kappa shape index (κ2) is 6.43. The van der Waals surface area contributed by atoms with Crippen LogP contribution in [0.2, 0.25) is 0 Å². The average Bonchev–Trinajstić information content (AvgIpc) is 2.20. The van der Waals surface area contributed by atoms with Gasteiger partial charge in [-0.2, -0.15) is 0 Å². The SMILES string of the molecule is CN(C)CCCNCc1ccccc1O. The number of para-hydroxylation sites is 1. The van der Waals surface area contributed by atoms with Crippen LogP contribution in [-0.4, -0.2) is 37.2 Å². The van der Waals surface area contributed by atoms with Crippen LogP contribution in [0.4, 0.5) is 0 Å². The molecule has 0 heterocycles. The van der Waals surface area contributed by atoms with E-state index in [4.69, 9.17) is 0 Å². The van der Waals surface area contributed by atoms with Gasteiger partial charge in [0.15, 0.2) is 0 Å². The molecule has 0 aliphatic heterocycles. The third kappa shape index (κ3) is 4.81. The van der Waals surface area contributed by atoms with Gasteiger partial charge in [-0.25, -0.2) is 0 Å².